The summed E-state index contributed by atoms with van der Waals surface area (Å²) < 4.78 is 17.5. The molecule has 1 saturated heterocycles. The fourth-order valence-electron chi connectivity index (χ4n) is 5.48. The summed E-state index contributed by atoms with van der Waals surface area (Å²) in [7, 11) is 1.53. The molecule has 0 bridgehead atoms. The number of aromatic nitrogens is 2. The van der Waals surface area contributed by atoms with Crippen molar-refractivity contribution in [2.75, 3.05) is 20.0 Å². The molecule has 39 heavy (non-hydrogen) atoms. The number of aliphatic carboxylic acids is 1. The van der Waals surface area contributed by atoms with Gasteiger partial charge < -0.3 is 29.3 Å². The number of benzene rings is 1. The number of carboxylic acid groups (broad SMARTS) is 1. The number of aliphatic hydroxyl groups is 1. The van der Waals surface area contributed by atoms with Gasteiger partial charge in [0, 0.05) is 17.2 Å². The van der Waals surface area contributed by atoms with Crippen molar-refractivity contribution in [2.24, 2.45) is 11.3 Å². The number of carbonyl (C=O) groups is 3. The van der Waals surface area contributed by atoms with Gasteiger partial charge in [-0.2, -0.15) is 0 Å². The Labute approximate surface area is 232 Å². The van der Waals surface area contributed by atoms with Crippen molar-refractivity contribution in [2.45, 2.75) is 37.4 Å². The largest absolute Gasteiger partial charge is 0.513 e. The first kappa shape index (κ1) is 27.0. The van der Waals surface area contributed by atoms with Crippen LogP contribution in [0.25, 0.3) is 10.4 Å². The Morgan fingerprint density at radius 3 is 2.56 bits per heavy atom. The Kier molecular flexibility index (Phi) is 7.08. The van der Waals surface area contributed by atoms with Gasteiger partial charge in [0.2, 0.25) is 5.91 Å². The van der Waals surface area contributed by atoms with Gasteiger partial charge in [-0.3, -0.25) is 9.20 Å². The van der Waals surface area contributed by atoms with Gasteiger partial charge >= 0.3 is 12.1 Å². The van der Waals surface area contributed by atoms with Crippen LogP contribution in [-0.4, -0.2) is 74.6 Å². The van der Waals surface area contributed by atoms with E-state index < -0.39 is 41.5 Å². The number of thioether (sulfide) groups is 1. The first-order valence-corrected chi connectivity index (χ1v) is 14.1. The lowest BCUT2D eigenvalue weighted by Gasteiger charge is -2.50. The minimum Gasteiger partial charge on any atom is -0.497 e. The van der Waals surface area contributed by atoms with E-state index in [0.717, 1.165) is 9.86 Å². The van der Waals surface area contributed by atoms with Crippen LogP contribution in [0.3, 0.4) is 0 Å². The first-order chi connectivity index (χ1) is 18.6. The number of hydrogen-bond donors (Lipinski definition) is 2. The summed E-state index contributed by atoms with van der Waals surface area (Å²) >= 11 is 2.85. The minimum atomic E-state index is -1.24. The summed E-state index contributed by atoms with van der Waals surface area (Å²) in [6, 6.07) is 5.81. The lowest BCUT2D eigenvalue weighted by molar-refractivity contribution is -0.167. The molecule has 13 heteroatoms. The standard InChI is InChI=1S/C26H27N3O8S2/c1-13(30)17-20-26(2,9-10-36-25(34)37-15-7-5-14(35-3)6-8-15)18(19(24(32)33)29(20)22(17)31)16-11-28-12-27-21(38-4)23(28)39-16/h5-8,11-13,17,20,30H,9-10H2,1-4H3,(H,32,33)/t13?,17-,20-,26+/m1/s1. The van der Waals surface area contributed by atoms with Crippen molar-refractivity contribution in [3.63, 3.8) is 0 Å². The number of rotatable bonds is 9. The Balaban J connectivity index is 1.45. The second-order valence-corrected chi connectivity index (χ2v) is 11.4. The van der Waals surface area contributed by atoms with Crippen LogP contribution in [0.5, 0.6) is 11.5 Å². The van der Waals surface area contributed by atoms with Crippen LogP contribution in [-0.2, 0) is 14.3 Å². The van der Waals surface area contributed by atoms with E-state index >= 15 is 0 Å². The molecule has 4 heterocycles. The normalized spacial score (nSPS) is 23.0. The van der Waals surface area contributed by atoms with Crippen molar-refractivity contribution < 1.29 is 38.8 Å². The molecule has 2 aliphatic heterocycles. The highest BCUT2D eigenvalue weighted by molar-refractivity contribution is 7.98. The number of β-lactam (4-membered cyclic amide) rings is 1. The monoisotopic (exact) mass is 573 g/mol. The molecule has 1 fully saturated rings. The summed E-state index contributed by atoms with van der Waals surface area (Å²) in [5, 5.41) is 21.5. The Morgan fingerprint density at radius 2 is 1.95 bits per heavy atom. The van der Waals surface area contributed by atoms with Gasteiger partial charge in [0.05, 0.1) is 36.7 Å². The molecule has 1 unspecified atom stereocenters. The molecule has 0 spiro atoms. The molecule has 0 aliphatic carbocycles. The highest BCUT2D eigenvalue weighted by atomic mass is 32.2. The van der Waals surface area contributed by atoms with Crippen LogP contribution in [0.1, 0.15) is 25.1 Å². The van der Waals surface area contributed by atoms with E-state index in [-0.39, 0.29) is 24.5 Å². The molecule has 0 radical (unpaired) electrons. The smallest absolute Gasteiger partial charge is 0.497 e. The van der Waals surface area contributed by atoms with Gasteiger partial charge in [0.25, 0.3) is 0 Å². The summed E-state index contributed by atoms with van der Waals surface area (Å²) in [5.74, 6) is -1.58. The van der Waals surface area contributed by atoms with Crippen molar-refractivity contribution >= 4 is 51.5 Å². The Morgan fingerprint density at radius 1 is 1.26 bits per heavy atom. The number of carboxylic acids is 1. The fourth-order valence-corrected chi connectivity index (χ4v) is 7.44. The lowest BCUT2D eigenvalue weighted by Crippen LogP contribution is -2.66. The van der Waals surface area contributed by atoms with Crippen LogP contribution in [0.15, 0.2) is 47.5 Å². The van der Waals surface area contributed by atoms with Gasteiger partial charge in [-0.25, -0.2) is 14.6 Å². The number of fused-ring (bicyclic) bond motifs is 2. The van der Waals surface area contributed by atoms with E-state index in [4.69, 9.17) is 14.2 Å². The Hall–Kier alpha value is -3.55. The van der Waals surface area contributed by atoms with Gasteiger partial charge in [-0.15, -0.1) is 23.1 Å². The summed E-state index contributed by atoms with van der Waals surface area (Å²) in [6.45, 7) is 3.26. The number of aliphatic hydroxyl groups excluding tert-OH is 1. The van der Waals surface area contributed by atoms with Gasteiger partial charge in [-0.05, 0) is 43.9 Å². The molecule has 4 atom stereocenters. The SMILES string of the molecule is COc1ccc(OC(=O)OCC[C@@]2(C)C(c3cn4cnc(SC)c4s3)=C(C(=O)O)N3C(=O)[C@H](C(C)O)[C@@H]32)cc1. The van der Waals surface area contributed by atoms with Crippen molar-refractivity contribution in [1.82, 2.24) is 14.3 Å². The number of amides is 1. The van der Waals surface area contributed by atoms with Crippen LogP contribution in [0, 0.1) is 11.3 Å². The molecule has 0 saturated carbocycles. The lowest BCUT2D eigenvalue weighted by atomic mass is 9.66. The van der Waals surface area contributed by atoms with Crippen molar-refractivity contribution in [3.8, 4) is 11.5 Å². The highest BCUT2D eigenvalue weighted by Gasteiger charge is 2.66. The average molecular weight is 574 g/mol. The number of imidazole rings is 1. The van der Waals surface area contributed by atoms with Crippen molar-refractivity contribution in [3.05, 3.63) is 47.4 Å². The predicted octanol–water partition coefficient (Wildman–Crippen LogP) is 3.76. The van der Waals surface area contributed by atoms with Crippen LogP contribution in [0.2, 0.25) is 0 Å². The molecule has 206 valence electrons. The summed E-state index contributed by atoms with van der Waals surface area (Å²) in [5.41, 5.74) is -0.600. The predicted molar refractivity (Wildman–Crippen MR) is 143 cm³/mol. The zero-order chi connectivity index (χ0) is 28.1. The quantitative estimate of drug-likeness (QED) is 0.168. The van der Waals surface area contributed by atoms with E-state index in [2.05, 4.69) is 4.98 Å². The number of nitrogens with zero attached hydrogens (tertiary/aromatic N) is 3. The molecule has 3 aromatic rings. The van der Waals surface area contributed by atoms with Gasteiger partial charge in [-0.1, -0.05) is 6.92 Å². The van der Waals surface area contributed by atoms with E-state index in [0.29, 0.717) is 16.2 Å². The number of methoxy groups -OCH3 is 1. The molecule has 2 aromatic heterocycles. The van der Waals surface area contributed by atoms with Crippen LogP contribution in [0.4, 0.5) is 4.79 Å². The number of ether oxygens (including phenoxy) is 3. The van der Waals surface area contributed by atoms with Crippen molar-refractivity contribution in [1.29, 1.82) is 0 Å². The van der Waals surface area contributed by atoms with E-state index in [1.165, 1.54) is 42.0 Å². The maximum absolute atomic E-state index is 13.1. The van der Waals surface area contributed by atoms with Crippen LogP contribution < -0.4 is 9.47 Å². The topological polar surface area (TPSA) is 140 Å². The molecular weight excluding hydrogens is 546 g/mol. The number of thiazole rings is 1. The second kappa shape index (κ2) is 10.2. The zero-order valence-electron chi connectivity index (χ0n) is 21.6. The third-order valence-electron chi connectivity index (χ3n) is 7.29. The third kappa shape index (κ3) is 4.43. The second-order valence-electron chi connectivity index (χ2n) is 9.55. The first-order valence-electron chi connectivity index (χ1n) is 12.1. The molecule has 2 N–H and O–H groups in total. The van der Waals surface area contributed by atoms with E-state index in [1.54, 1.807) is 36.8 Å². The van der Waals surface area contributed by atoms with Gasteiger partial charge in [0.1, 0.15) is 33.4 Å². The molecule has 1 amide bonds. The molecule has 1 aromatic carbocycles. The maximum Gasteiger partial charge on any atom is 0.513 e. The fraction of sp³-hybridized carbons (Fsp3) is 0.385. The minimum absolute atomic E-state index is 0.102. The number of hydrogen-bond acceptors (Lipinski definition) is 10. The highest BCUT2D eigenvalue weighted by Crippen LogP contribution is 2.60. The van der Waals surface area contributed by atoms with E-state index in [1.807, 2.05) is 17.6 Å². The third-order valence-corrected chi connectivity index (χ3v) is 9.23. The Bertz CT molecular complexity index is 1480. The average Bonchev–Trinajstić information content (AvgIpc) is 3.53. The summed E-state index contributed by atoms with van der Waals surface area (Å²) in [6.07, 6.45) is 3.65. The summed E-state index contributed by atoms with van der Waals surface area (Å²) in [4.78, 5) is 45.2. The van der Waals surface area contributed by atoms with E-state index in [9.17, 15) is 24.6 Å². The molecular formula is C26H27N3O8S2. The molecule has 11 nitrogen and oxygen atoms in total. The molecule has 5 rings (SSSR count). The maximum atomic E-state index is 13.1. The van der Waals surface area contributed by atoms with Gasteiger partial charge in [0.15, 0.2) is 0 Å². The number of carbonyl (C=O) groups excluding carboxylic acids is 2. The molecule has 2 aliphatic rings. The zero-order valence-corrected chi connectivity index (χ0v) is 23.2. The van der Waals surface area contributed by atoms with Crippen LogP contribution >= 0.6 is 23.1 Å².